The zero-order valence-electron chi connectivity index (χ0n) is 27.5. The Morgan fingerprint density at radius 2 is 1.78 bits per heavy atom. The van der Waals surface area contributed by atoms with Crippen molar-refractivity contribution in [2.75, 3.05) is 20.3 Å². The molecule has 0 saturated heterocycles. The minimum Gasteiger partial charge on any atom is -0.494 e. The van der Waals surface area contributed by atoms with Crippen LogP contribution in [0.15, 0.2) is 113 Å². The molecule has 0 radical (unpaired) electrons. The van der Waals surface area contributed by atoms with Gasteiger partial charge in [0.15, 0.2) is 4.80 Å². The van der Waals surface area contributed by atoms with Gasteiger partial charge in [-0.15, -0.1) is 0 Å². The molecule has 248 valence electrons. The number of para-hydroxylation sites is 1. The number of rotatable bonds is 10. The molecule has 3 aromatic carbocycles. The second-order valence-electron chi connectivity index (χ2n) is 11.2. The number of ether oxygens (including phenoxy) is 3. The van der Waals surface area contributed by atoms with Crippen LogP contribution in [-0.4, -0.2) is 46.6 Å². The van der Waals surface area contributed by atoms with Gasteiger partial charge >= 0.3 is 11.9 Å². The number of carbonyl (C=O) groups excluding carboxylic acids is 2. The molecular weight excluding hydrogens is 641 g/mol. The molecule has 3 heterocycles. The molecule has 10 nitrogen and oxygen atoms in total. The first-order valence-electron chi connectivity index (χ1n) is 15.6. The number of benzene rings is 3. The molecule has 0 amide bonds. The van der Waals surface area contributed by atoms with Gasteiger partial charge in [-0.3, -0.25) is 9.36 Å². The maximum absolute atomic E-state index is 14.4. The van der Waals surface area contributed by atoms with Crippen molar-refractivity contribution in [3.05, 3.63) is 145 Å². The second kappa shape index (κ2) is 14.1. The molecule has 0 fully saturated rings. The van der Waals surface area contributed by atoms with Crippen LogP contribution in [0, 0.1) is 6.92 Å². The van der Waals surface area contributed by atoms with E-state index >= 15 is 0 Å². The summed E-state index contributed by atoms with van der Waals surface area (Å²) >= 11 is 1.22. The van der Waals surface area contributed by atoms with Crippen LogP contribution in [0.25, 0.3) is 23.0 Å². The van der Waals surface area contributed by atoms with Gasteiger partial charge in [-0.1, -0.05) is 54.3 Å². The zero-order chi connectivity index (χ0) is 34.7. The quantitative estimate of drug-likeness (QED) is 0.146. The normalized spacial score (nSPS) is 14.2. The lowest BCUT2D eigenvalue weighted by atomic mass is 9.95. The third-order valence-corrected chi connectivity index (χ3v) is 9.00. The van der Waals surface area contributed by atoms with Crippen molar-refractivity contribution in [1.82, 2.24) is 14.3 Å². The van der Waals surface area contributed by atoms with E-state index in [4.69, 9.17) is 24.3 Å². The molecule has 0 saturated carbocycles. The van der Waals surface area contributed by atoms with E-state index < -0.39 is 18.0 Å². The molecule has 0 N–H and O–H groups in total. The van der Waals surface area contributed by atoms with Gasteiger partial charge < -0.3 is 14.2 Å². The molecular formula is C38H34N4O6S. The Balaban J connectivity index is 1.53. The van der Waals surface area contributed by atoms with Gasteiger partial charge in [0.2, 0.25) is 0 Å². The smallest absolute Gasteiger partial charge is 0.338 e. The van der Waals surface area contributed by atoms with Crippen molar-refractivity contribution < 1.29 is 23.8 Å². The highest BCUT2D eigenvalue weighted by Crippen LogP contribution is 2.32. The number of esters is 2. The number of methoxy groups -OCH3 is 1. The average molecular weight is 675 g/mol. The highest BCUT2D eigenvalue weighted by Gasteiger charge is 2.33. The first kappa shape index (κ1) is 33.1. The molecule has 49 heavy (non-hydrogen) atoms. The summed E-state index contributed by atoms with van der Waals surface area (Å²) in [4.78, 5) is 45.1. The molecule has 2 aromatic heterocycles. The maximum Gasteiger partial charge on any atom is 0.338 e. The van der Waals surface area contributed by atoms with E-state index in [9.17, 15) is 14.4 Å². The van der Waals surface area contributed by atoms with Crippen molar-refractivity contribution in [2.24, 2.45) is 4.99 Å². The number of hydrogen-bond donors (Lipinski definition) is 0. The molecule has 6 rings (SSSR count). The number of thiazole rings is 1. The van der Waals surface area contributed by atoms with Crippen LogP contribution >= 0.6 is 11.3 Å². The number of hydrogen-bond acceptors (Lipinski definition) is 9. The van der Waals surface area contributed by atoms with Gasteiger partial charge in [-0.2, -0.15) is 5.10 Å². The lowest BCUT2D eigenvalue weighted by molar-refractivity contribution is -0.138. The van der Waals surface area contributed by atoms with Crippen LogP contribution in [0.5, 0.6) is 5.75 Å². The average Bonchev–Trinajstić information content (AvgIpc) is 3.67. The summed E-state index contributed by atoms with van der Waals surface area (Å²) in [5.74, 6) is -0.321. The SMILES string of the molecule is C=CCOC(=O)C1=C(C)N=c2sc(=Cc3cn(-c4ccccc4)nc3-c3ccc(OCC)c(C)c3)c(=O)n2C1c1ccc(C(=O)OC)cc1. The Morgan fingerprint density at radius 3 is 2.45 bits per heavy atom. The molecule has 0 bridgehead atoms. The number of aryl methyl sites for hydroxylation is 1. The van der Waals surface area contributed by atoms with Crippen LogP contribution < -0.4 is 19.6 Å². The molecule has 1 atom stereocenters. The number of aromatic nitrogens is 3. The molecule has 1 aliphatic heterocycles. The third-order valence-electron chi connectivity index (χ3n) is 8.02. The Hall–Kier alpha value is -5.81. The Kier molecular flexibility index (Phi) is 9.54. The number of fused-ring (bicyclic) bond motifs is 1. The molecule has 1 aliphatic rings. The maximum atomic E-state index is 14.4. The van der Waals surface area contributed by atoms with Crippen molar-refractivity contribution >= 4 is 29.4 Å². The summed E-state index contributed by atoms with van der Waals surface area (Å²) in [5, 5.41) is 4.94. The number of carbonyl (C=O) groups is 2. The zero-order valence-corrected chi connectivity index (χ0v) is 28.3. The van der Waals surface area contributed by atoms with E-state index in [2.05, 4.69) is 6.58 Å². The summed E-state index contributed by atoms with van der Waals surface area (Å²) in [6.45, 7) is 9.83. The van der Waals surface area contributed by atoms with E-state index in [-0.39, 0.29) is 17.7 Å². The predicted octanol–water partition coefficient (Wildman–Crippen LogP) is 5.31. The summed E-state index contributed by atoms with van der Waals surface area (Å²) in [6, 6.07) is 21.4. The van der Waals surface area contributed by atoms with Crippen LogP contribution in [0.3, 0.4) is 0 Å². The van der Waals surface area contributed by atoms with E-state index in [0.717, 1.165) is 28.1 Å². The summed E-state index contributed by atoms with van der Waals surface area (Å²) in [7, 11) is 1.31. The number of allylic oxidation sites excluding steroid dienone is 1. The fourth-order valence-electron chi connectivity index (χ4n) is 5.72. The predicted molar refractivity (Wildman–Crippen MR) is 188 cm³/mol. The van der Waals surface area contributed by atoms with Crippen molar-refractivity contribution in [2.45, 2.75) is 26.8 Å². The summed E-state index contributed by atoms with van der Waals surface area (Å²) in [6.07, 6.45) is 5.17. The molecule has 5 aromatic rings. The van der Waals surface area contributed by atoms with Gasteiger partial charge in [0, 0.05) is 17.3 Å². The highest BCUT2D eigenvalue weighted by atomic mass is 32.1. The minimum atomic E-state index is -0.859. The van der Waals surface area contributed by atoms with Crippen molar-refractivity contribution in [3.63, 3.8) is 0 Å². The van der Waals surface area contributed by atoms with Crippen molar-refractivity contribution in [3.8, 4) is 22.7 Å². The Bertz CT molecular complexity index is 2280. The Morgan fingerprint density at radius 1 is 1.02 bits per heavy atom. The van der Waals surface area contributed by atoms with E-state index in [1.54, 1.807) is 35.9 Å². The van der Waals surface area contributed by atoms with Gasteiger partial charge in [0.05, 0.1) is 46.8 Å². The molecule has 0 aliphatic carbocycles. The van der Waals surface area contributed by atoms with Gasteiger partial charge in [0.1, 0.15) is 18.1 Å². The fourth-order valence-corrected chi connectivity index (χ4v) is 6.75. The van der Waals surface area contributed by atoms with E-state index in [1.807, 2.05) is 74.7 Å². The molecule has 1 unspecified atom stereocenters. The monoisotopic (exact) mass is 674 g/mol. The first-order chi connectivity index (χ1) is 23.7. The third kappa shape index (κ3) is 6.53. The number of nitrogens with zero attached hydrogens (tertiary/aromatic N) is 4. The topological polar surface area (TPSA) is 114 Å². The fraction of sp³-hybridized carbons (Fsp3) is 0.184. The lowest BCUT2D eigenvalue weighted by Crippen LogP contribution is -2.40. The van der Waals surface area contributed by atoms with Gasteiger partial charge in [-0.25, -0.2) is 19.3 Å². The first-order valence-corrected chi connectivity index (χ1v) is 16.4. The summed E-state index contributed by atoms with van der Waals surface area (Å²) < 4.78 is 19.8. The standard InChI is InChI=1S/C38H34N4O6S/c1-6-19-48-37(45)32-24(4)39-38-42(34(32)25-13-15-26(16-14-25)36(44)46-5)35(43)31(49-38)21-28-22-41(29-11-9-8-10-12-29)40-33(28)27-17-18-30(47-7-2)23(3)20-27/h6,8-18,20-22,34H,1,7,19H2,2-5H3. The lowest BCUT2D eigenvalue weighted by Gasteiger charge is -2.24. The Labute approximate surface area is 286 Å². The molecule has 0 spiro atoms. The second-order valence-corrected chi connectivity index (χ2v) is 12.2. The van der Waals surface area contributed by atoms with Crippen LogP contribution in [0.2, 0.25) is 0 Å². The minimum absolute atomic E-state index is 0.00671. The van der Waals surface area contributed by atoms with Crippen molar-refractivity contribution in [1.29, 1.82) is 0 Å². The highest BCUT2D eigenvalue weighted by molar-refractivity contribution is 7.07. The van der Waals surface area contributed by atoms with Gasteiger partial charge in [0.25, 0.3) is 5.56 Å². The van der Waals surface area contributed by atoms with E-state index in [1.165, 1.54) is 29.1 Å². The van der Waals surface area contributed by atoms with Crippen LogP contribution in [0.4, 0.5) is 0 Å². The van der Waals surface area contributed by atoms with E-state index in [0.29, 0.717) is 38.5 Å². The van der Waals surface area contributed by atoms with Crippen LogP contribution in [0.1, 0.15) is 46.9 Å². The largest absolute Gasteiger partial charge is 0.494 e. The van der Waals surface area contributed by atoms with Crippen LogP contribution in [-0.2, 0) is 14.3 Å². The van der Waals surface area contributed by atoms with Gasteiger partial charge in [-0.05, 0) is 80.4 Å². The molecule has 11 heteroatoms. The summed E-state index contributed by atoms with van der Waals surface area (Å²) in [5.41, 5.74) is 5.32.